The highest BCUT2D eigenvalue weighted by atomic mass is 32.2. The fraction of sp³-hybridized carbons (Fsp3) is 0.286. The molecule has 1 aliphatic rings. The fourth-order valence-corrected chi connectivity index (χ4v) is 3.85. The monoisotopic (exact) mass is 397 g/mol. The molecule has 0 atom stereocenters. The van der Waals surface area contributed by atoms with E-state index in [0.29, 0.717) is 28.6 Å². The van der Waals surface area contributed by atoms with Gasteiger partial charge < -0.3 is 5.11 Å². The zero-order valence-electron chi connectivity index (χ0n) is 15.7. The number of hydrazone groups is 1. The average molecular weight is 398 g/mol. The van der Waals surface area contributed by atoms with E-state index < -0.39 is 11.5 Å². The van der Waals surface area contributed by atoms with Gasteiger partial charge in [0.05, 0.1) is 5.75 Å². The highest BCUT2D eigenvalue weighted by Crippen LogP contribution is 2.30. The molecule has 146 valence electrons. The third kappa shape index (κ3) is 4.10. The SMILES string of the molecule is CCCCN1C(=O)CS/C1=N\NC(=O)C(O)(c1ccccc1)c1ccccc1. The van der Waals surface area contributed by atoms with E-state index in [1.807, 2.05) is 19.1 Å². The van der Waals surface area contributed by atoms with Crippen LogP contribution in [0.15, 0.2) is 65.8 Å². The Kier molecular flexibility index (Phi) is 6.49. The zero-order valence-corrected chi connectivity index (χ0v) is 16.5. The number of amidine groups is 1. The number of hydrogen-bond donors (Lipinski definition) is 2. The van der Waals surface area contributed by atoms with Crippen molar-refractivity contribution in [2.75, 3.05) is 12.3 Å². The summed E-state index contributed by atoms with van der Waals surface area (Å²) in [7, 11) is 0. The second-order valence-electron chi connectivity index (χ2n) is 6.47. The van der Waals surface area contributed by atoms with Crippen molar-refractivity contribution in [2.45, 2.75) is 25.4 Å². The first-order chi connectivity index (χ1) is 13.6. The smallest absolute Gasteiger partial charge is 0.281 e. The minimum atomic E-state index is -1.89. The summed E-state index contributed by atoms with van der Waals surface area (Å²) in [6.07, 6.45) is 1.81. The molecule has 2 aromatic rings. The van der Waals surface area contributed by atoms with Crippen LogP contribution in [-0.2, 0) is 15.2 Å². The number of thioether (sulfide) groups is 1. The molecule has 0 aliphatic carbocycles. The van der Waals surface area contributed by atoms with Crippen molar-refractivity contribution in [1.29, 1.82) is 0 Å². The number of nitrogens with one attached hydrogen (secondary N) is 1. The van der Waals surface area contributed by atoms with E-state index in [0.717, 1.165) is 12.8 Å². The molecule has 7 heteroatoms. The number of hydrogen-bond acceptors (Lipinski definition) is 5. The van der Waals surface area contributed by atoms with Gasteiger partial charge in [0.1, 0.15) is 0 Å². The van der Waals surface area contributed by atoms with Gasteiger partial charge in [-0.05, 0) is 17.5 Å². The van der Waals surface area contributed by atoms with Crippen LogP contribution >= 0.6 is 11.8 Å². The predicted molar refractivity (Wildman–Crippen MR) is 111 cm³/mol. The predicted octanol–water partition coefficient (Wildman–Crippen LogP) is 2.69. The first-order valence-electron chi connectivity index (χ1n) is 9.22. The van der Waals surface area contributed by atoms with E-state index in [2.05, 4.69) is 10.5 Å². The Labute approximate surface area is 168 Å². The Hall–Kier alpha value is -2.64. The van der Waals surface area contributed by atoms with Gasteiger partial charge >= 0.3 is 0 Å². The third-order valence-corrected chi connectivity index (χ3v) is 5.52. The molecule has 2 amide bonds. The second kappa shape index (κ2) is 9.03. The largest absolute Gasteiger partial charge is 0.372 e. The minimum Gasteiger partial charge on any atom is -0.372 e. The van der Waals surface area contributed by atoms with E-state index in [1.165, 1.54) is 11.8 Å². The zero-order chi connectivity index (χ0) is 20.0. The maximum absolute atomic E-state index is 13.0. The molecule has 2 aromatic carbocycles. The number of rotatable bonds is 7. The summed E-state index contributed by atoms with van der Waals surface area (Å²) in [6, 6.07) is 17.5. The van der Waals surface area contributed by atoms with Crippen LogP contribution in [0.5, 0.6) is 0 Å². The molecular formula is C21H23N3O3S. The summed E-state index contributed by atoms with van der Waals surface area (Å²) in [6.45, 7) is 2.62. The van der Waals surface area contributed by atoms with Crippen LogP contribution < -0.4 is 5.43 Å². The molecule has 0 saturated carbocycles. The van der Waals surface area contributed by atoms with Crippen LogP contribution in [0.3, 0.4) is 0 Å². The van der Waals surface area contributed by atoms with Crippen LogP contribution in [0.2, 0.25) is 0 Å². The van der Waals surface area contributed by atoms with Crippen molar-refractivity contribution in [3.63, 3.8) is 0 Å². The van der Waals surface area contributed by atoms with Crippen molar-refractivity contribution in [3.05, 3.63) is 71.8 Å². The van der Waals surface area contributed by atoms with Gasteiger partial charge in [0.15, 0.2) is 10.8 Å². The normalized spacial score (nSPS) is 15.9. The number of carbonyl (C=O) groups excluding carboxylic acids is 2. The van der Waals surface area contributed by atoms with Gasteiger partial charge in [-0.15, -0.1) is 5.10 Å². The standard InChI is InChI=1S/C21H23N3O3S/c1-2-3-14-24-18(25)15-28-20(24)23-22-19(26)21(27,16-10-6-4-7-11-16)17-12-8-5-9-13-17/h4-13,27H,2-3,14-15H2,1H3,(H,22,26)/b23-20-. The first kappa shape index (κ1) is 20.1. The molecule has 0 aromatic heterocycles. The molecular weight excluding hydrogens is 374 g/mol. The van der Waals surface area contributed by atoms with Gasteiger partial charge in [0, 0.05) is 6.54 Å². The Morgan fingerprint density at radius 1 is 1.14 bits per heavy atom. The summed E-state index contributed by atoms with van der Waals surface area (Å²) in [5.41, 5.74) is 1.46. The topological polar surface area (TPSA) is 82.0 Å². The number of nitrogens with zero attached hydrogens (tertiary/aromatic N) is 2. The van der Waals surface area contributed by atoms with Gasteiger partial charge in [-0.1, -0.05) is 85.8 Å². The number of benzene rings is 2. The lowest BCUT2D eigenvalue weighted by atomic mass is 9.86. The highest BCUT2D eigenvalue weighted by Gasteiger charge is 2.40. The van der Waals surface area contributed by atoms with Gasteiger partial charge in [0.25, 0.3) is 5.91 Å². The number of carbonyl (C=O) groups is 2. The maximum atomic E-state index is 13.0. The van der Waals surface area contributed by atoms with Gasteiger partial charge in [-0.3, -0.25) is 14.5 Å². The second-order valence-corrected chi connectivity index (χ2v) is 7.41. The van der Waals surface area contributed by atoms with Gasteiger partial charge in [-0.2, -0.15) is 0 Å². The lowest BCUT2D eigenvalue weighted by Crippen LogP contribution is -2.44. The van der Waals surface area contributed by atoms with Crippen molar-refractivity contribution in [2.24, 2.45) is 5.10 Å². The maximum Gasteiger partial charge on any atom is 0.281 e. The van der Waals surface area contributed by atoms with E-state index in [4.69, 9.17) is 0 Å². The molecule has 2 N–H and O–H groups in total. The Bertz CT molecular complexity index is 816. The third-order valence-electron chi connectivity index (χ3n) is 4.56. The molecule has 1 heterocycles. The van der Waals surface area contributed by atoms with E-state index in [1.54, 1.807) is 53.4 Å². The van der Waals surface area contributed by atoms with Crippen LogP contribution in [0.4, 0.5) is 0 Å². The lowest BCUT2D eigenvalue weighted by molar-refractivity contribution is -0.136. The quantitative estimate of drug-likeness (QED) is 0.704. The summed E-state index contributed by atoms with van der Waals surface area (Å²) in [4.78, 5) is 26.7. The molecule has 1 fully saturated rings. The molecule has 0 spiro atoms. The molecule has 6 nitrogen and oxygen atoms in total. The molecule has 0 bridgehead atoms. The lowest BCUT2D eigenvalue weighted by Gasteiger charge is -2.27. The van der Waals surface area contributed by atoms with Crippen LogP contribution in [0.25, 0.3) is 0 Å². The van der Waals surface area contributed by atoms with Crippen molar-refractivity contribution in [3.8, 4) is 0 Å². The van der Waals surface area contributed by atoms with Gasteiger partial charge in [-0.25, -0.2) is 5.43 Å². The number of amides is 2. The van der Waals surface area contributed by atoms with E-state index >= 15 is 0 Å². The van der Waals surface area contributed by atoms with Crippen molar-refractivity contribution in [1.82, 2.24) is 10.3 Å². The molecule has 1 aliphatic heterocycles. The van der Waals surface area contributed by atoms with Crippen molar-refractivity contribution >= 4 is 28.7 Å². The van der Waals surface area contributed by atoms with E-state index in [-0.39, 0.29) is 5.91 Å². The summed E-state index contributed by atoms with van der Waals surface area (Å²) in [5.74, 6) is -0.388. The molecule has 0 unspecified atom stereocenters. The number of unbranched alkanes of at least 4 members (excludes halogenated alkanes) is 1. The Morgan fingerprint density at radius 3 is 2.25 bits per heavy atom. The molecule has 28 heavy (non-hydrogen) atoms. The summed E-state index contributed by atoms with van der Waals surface area (Å²) in [5, 5.41) is 16.0. The fourth-order valence-electron chi connectivity index (χ4n) is 2.99. The van der Waals surface area contributed by atoms with Crippen LogP contribution in [-0.4, -0.2) is 39.3 Å². The van der Waals surface area contributed by atoms with Crippen molar-refractivity contribution < 1.29 is 14.7 Å². The van der Waals surface area contributed by atoms with E-state index in [9.17, 15) is 14.7 Å². The van der Waals surface area contributed by atoms with Crippen LogP contribution in [0, 0.1) is 0 Å². The first-order valence-corrected chi connectivity index (χ1v) is 10.2. The Balaban J connectivity index is 1.88. The van der Waals surface area contributed by atoms with Crippen LogP contribution in [0.1, 0.15) is 30.9 Å². The highest BCUT2D eigenvalue weighted by molar-refractivity contribution is 8.15. The summed E-state index contributed by atoms with van der Waals surface area (Å²) >= 11 is 1.28. The van der Waals surface area contributed by atoms with Gasteiger partial charge in [0.2, 0.25) is 5.91 Å². The molecule has 0 radical (unpaired) electrons. The molecule has 1 saturated heterocycles. The number of aliphatic hydroxyl groups is 1. The average Bonchev–Trinajstić information content (AvgIpc) is 3.10. The molecule has 3 rings (SSSR count). The Morgan fingerprint density at radius 2 is 1.71 bits per heavy atom. The summed E-state index contributed by atoms with van der Waals surface area (Å²) < 4.78 is 0. The minimum absolute atomic E-state index is 0.0205.